The van der Waals surface area contributed by atoms with Gasteiger partial charge in [-0.25, -0.2) is 13.2 Å². The largest absolute Gasteiger partial charge is 0.423 e. The summed E-state index contributed by atoms with van der Waals surface area (Å²) in [6, 6.07) is 15.0. The molecular weight excluding hydrogens is 316 g/mol. The first kappa shape index (κ1) is 14.8. The van der Waals surface area contributed by atoms with Crippen LogP contribution in [-0.4, -0.2) is 8.42 Å². The van der Waals surface area contributed by atoms with Crippen LogP contribution >= 0.6 is 0 Å². The van der Waals surface area contributed by atoms with E-state index in [0.717, 1.165) is 0 Å². The predicted octanol–water partition coefficient (Wildman–Crippen LogP) is 2.47. The number of nitriles is 1. The molecule has 2 aromatic carbocycles. The van der Waals surface area contributed by atoms with Gasteiger partial charge < -0.3 is 4.42 Å². The molecule has 1 heterocycles. The predicted molar refractivity (Wildman–Crippen MR) is 84.4 cm³/mol. The summed E-state index contributed by atoms with van der Waals surface area (Å²) < 4.78 is 32.2. The minimum absolute atomic E-state index is 0.0289. The average Bonchev–Trinajstić information content (AvgIpc) is 2.54. The Kier molecular flexibility index (Phi) is 3.60. The van der Waals surface area contributed by atoms with E-state index in [1.807, 2.05) is 6.07 Å². The zero-order valence-electron chi connectivity index (χ0n) is 11.7. The summed E-state index contributed by atoms with van der Waals surface area (Å²) in [4.78, 5) is 11.2. The summed E-state index contributed by atoms with van der Waals surface area (Å²) in [6.07, 6.45) is 0. The van der Waals surface area contributed by atoms with Crippen molar-refractivity contribution in [3.05, 3.63) is 70.6 Å². The molecule has 0 radical (unpaired) electrons. The van der Waals surface area contributed by atoms with Gasteiger partial charge in [0.1, 0.15) is 5.58 Å². The highest BCUT2D eigenvalue weighted by atomic mass is 32.2. The number of anilines is 1. The molecule has 0 aliphatic heterocycles. The van der Waals surface area contributed by atoms with Gasteiger partial charge in [0.05, 0.1) is 22.2 Å². The number of nitrogens with zero attached hydrogens (tertiary/aromatic N) is 1. The van der Waals surface area contributed by atoms with E-state index < -0.39 is 15.6 Å². The molecule has 114 valence electrons. The minimum atomic E-state index is -3.82. The van der Waals surface area contributed by atoms with Crippen molar-refractivity contribution in [1.29, 1.82) is 5.26 Å². The van der Waals surface area contributed by atoms with E-state index in [0.29, 0.717) is 22.2 Å². The number of benzene rings is 2. The molecule has 0 amide bonds. The second-order valence-electron chi connectivity index (χ2n) is 4.75. The normalized spacial score (nSPS) is 11.1. The van der Waals surface area contributed by atoms with E-state index in [-0.39, 0.29) is 4.90 Å². The van der Waals surface area contributed by atoms with E-state index in [2.05, 4.69) is 4.72 Å². The molecule has 0 aliphatic rings. The summed E-state index contributed by atoms with van der Waals surface area (Å²) in [6.45, 7) is 0. The van der Waals surface area contributed by atoms with Gasteiger partial charge in [-0.15, -0.1) is 0 Å². The fourth-order valence-electron chi connectivity index (χ4n) is 2.08. The summed E-state index contributed by atoms with van der Waals surface area (Å²) >= 11 is 0. The molecule has 1 N–H and O–H groups in total. The van der Waals surface area contributed by atoms with Gasteiger partial charge in [-0.1, -0.05) is 6.07 Å². The smallest absolute Gasteiger partial charge is 0.336 e. The number of fused-ring (bicyclic) bond motifs is 1. The molecular formula is C16H10N2O4S. The van der Waals surface area contributed by atoms with Crippen molar-refractivity contribution in [2.75, 3.05) is 4.72 Å². The second kappa shape index (κ2) is 5.59. The Labute approximate surface area is 131 Å². The Morgan fingerprint density at radius 1 is 1.04 bits per heavy atom. The van der Waals surface area contributed by atoms with Crippen molar-refractivity contribution in [2.45, 2.75) is 4.90 Å². The van der Waals surface area contributed by atoms with Crippen LogP contribution < -0.4 is 10.3 Å². The third-order valence-corrected chi connectivity index (χ3v) is 4.52. The van der Waals surface area contributed by atoms with Crippen LogP contribution in [0.3, 0.4) is 0 Å². The molecule has 0 spiro atoms. The quantitative estimate of drug-likeness (QED) is 0.745. The summed E-state index contributed by atoms with van der Waals surface area (Å²) in [5, 5.41) is 9.35. The van der Waals surface area contributed by atoms with Crippen molar-refractivity contribution in [2.24, 2.45) is 0 Å². The van der Waals surface area contributed by atoms with Gasteiger partial charge in [-0.3, -0.25) is 4.72 Å². The number of hydrogen-bond acceptors (Lipinski definition) is 5. The van der Waals surface area contributed by atoms with Crippen molar-refractivity contribution in [1.82, 2.24) is 0 Å². The molecule has 3 rings (SSSR count). The SMILES string of the molecule is N#Cc1cccc(NS(=O)(=O)c2ccc3oc(=O)ccc3c2)c1. The van der Waals surface area contributed by atoms with Gasteiger partial charge >= 0.3 is 5.63 Å². The van der Waals surface area contributed by atoms with Crippen LogP contribution in [0, 0.1) is 11.3 Å². The van der Waals surface area contributed by atoms with Crippen LogP contribution in [0.1, 0.15) is 5.56 Å². The van der Waals surface area contributed by atoms with Gasteiger partial charge in [-0.05, 0) is 42.5 Å². The fourth-order valence-corrected chi connectivity index (χ4v) is 3.17. The molecule has 0 aliphatic carbocycles. The molecule has 0 bridgehead atoms. The van der Waals surface area contributed by atoms with E-state index in [9.17, 15) is 13.2 Å². The molecule has 0 saturated carbocycles. The maximum Gasteiger partial charge on any atom is 0.336 e. The molecule has 0 saturated heterocycles. The zero-order chi connectivity index (χ0) is 16.4. The molecule has 0 unspecified atom stereocenters. The lowest BCUT2D eigenvalue weighted by molar-refractivity contribution is 0.560. The molecule has 7 heteroatoms. The molecule has 1 aromatic heterocycles. The van der Waals surface area contributed by atoms with E-state index in [4.69, 9.17) is 9.68 Å². The Morgan fingerprint density at radius 3 is 2.65 bits per heavy atom. The van der Waals surface area contributed by atoms with Crippen molar-refractivity contribution < 1.29 is 12.8 Å². The second-order valence-corrected chi connectivity index (χ2v) is 6.43. The van der Waals surface area contributed by atoms with Gasteiger partial charge in [-0.2, -0.15) is 5.26 Å². The maximum atomic E-state index is 12.4. The third kappa shape index (κ3) is 3.07. The van der Waals surface area contributed by atoms with E-state index in [1.54, 1.807) is 18.2 Å². The lowest BCUT2D eigenvalue weighted by Crippen LogP contribution is -2.13. The topological polar surface area (TPSA) is 100 Å². The zero-order valence-corrected chi connectivity index (χ0v) is 12.5. The van der Waals surface area contributed by atoms with Crippen LogP contribution in [0.2, 0.25) is 0 Å². The summed E-state index contributed by atoms with van der Waals surface area (Å²) in [5.41, 5.74) is 0.455. The van der Waals surface area contributed by atoms with Crippen LogP contribution in [0.15, 0.2) is 68.7 Å². The number of nitrogens with one attached hydrogen (secondary N) is 1. The first-order valence-electron chi connectivity index (χ1n) is 6.55. The Morgan fingerprint density at radius 2 is 1.87 bits per heavy atom. The fraction of sp³-hybridized carbons (Fsp3) is 0. The number of hydrogen-bond donors (Lipinski definition) is 1. The van der Waals surface area contributed by atoms with E-state index >= 15 is 0 Å². The summed E-state index contributed by atoms with van der Waals surface area (Å²) in [7, 11) is -3.82. The highest BCUT2D eigenvalue weighted by molar-refractivity contribution is 7.92. The standard InChI is InChI=1S/C16H10N2O4S/c17-10-11-2-1-3-13(8-11)18-23(20,21)14-5-6-15-12(9-14)4-7-16(19)22-15/h1-9,18H. The Hall–Kier alpha value is -3.11. The molecule has 0 atom stereocenters. The molecule has 23 heavy (non-hydrogen) atoms. The number of sulfonamides is 1. The Bertz CT molecular complexity index is 1090. The van der Waals surface area contributed by atoms with Crippen molar-refractivity contribution in [3.63, 3.8) is 0 Å². The summed E-state index contributed by atoms with van der Waals surface area (Å²) in [5.74, 6) is 0. The Balaban J connectivity index is 2.00. The highest BCUT2D eigenvalue weighted by Gasteiger charge is 2.15. The van der Waals surface area contributed by atoms with Gasteiger partial charge in [0.2, 0.25) is 0 Å². The van der Waals surface area contributed by atoms with E-state index in [1.165, 1.54) is 36.4 Å². The van der Waals surface area contributed by atoms with Crippen molar-refractivity contribution in [3.8, 4) is 6.07 Å². The van der Waals surface area contributed by atoms with Crippen LogP contribution in [0.5, 0.6) is 0 Å². The minimum Gasteiger partial charge on any atom is -0.423 e. The molecule has 6 nitrogen and oxygen atoms in total. The lowest BCUT2D eigenvalue weighted by atomic mass is 10.2. The van der Waals surface area contributed by atoms with Gasteiger partial charge in [0.25, 0.3) is 10.0 Å². The van der Waals surface area contributed by atoms with Crippen LogP contribution in [0.25, 0.3) is 11.0 Å². The van der Waals surface area contributed by atoms with Crippen LogP contribution in [-0.2, 0) is 10.0 Å². The molecule has 3 aromatic rings. The third-order valence-electron chi connectivity index (χ3n) is 3.14. The monoisotopic (exact) mass is 326 g/mol. The first-order valence-corrected chi connectivity index (χ1v) is 8.03. The highest BCUT2D eigenvalue weighted by Crippen LogP contribution is 2.21. The number of rotatable bonds is 3. The first-order chi connectivity index (χ1) is 11.0. The maximum absolute atomic E-state index is 12.4. The molecule has 0 fully saturated rings. The van der Waals surface area contributed by atoms with Gasteiger partial charge in [0.15, 0.2) is 0 Å². The van der Waals surface area contributed by atoms with Crippen molar-refractivity contribution >= 4 is 26.7 Å². The lowest BCUT2D eigenvalue weighted by Gasteiger charge is -2.08. The average molecular weight is 326 g/mol. The van der Waals surface area contributed by atoms with Crippen LogP contribution in [0.4, 0.5) is 5.69 Å². The van der Waals surface area contributed by atoms with Gasteiger partial charge in [0, 0.05) is 11.5 Å².